The highest BCUT2D eigenvalue weighted by Crippen LogP contribution is 2.24. The molecule has 0 aliphatic carbocycles. The molecular formula is C17H27N5O4S. The van der Waals surface area contributed by atoms with Crippen LogP contribution in [0.4, 0.5) is 0 Å². The maximum absolute atomic E-state index is 13.0. The number of ether oxygens (including phenoxy) is 1. The molecule has 0 bridgehead atoms. The van der Waals surface area contributed by atoms with Gasteiger partial charge in [0, 0.05) is 29.9 Å². The fraction of sp³-hybridized carbons (Fsp3) is 0.588. The molecule has 1 aromatic rings. The van der Waals surface area contributed by atoms with Crippen molar-refractivity contribution in [3.8, 4) is 0 Å². The molecule has 10 heteroatoms. The molecule has 0 aromatic carbocycles. The molecule has 1 aromatic heterocycles. The van der Waals surface area contributed by atoms with Crippen molar-refractivity contribution < 1.29 is 17.9 Å². The third-order valence-electron chi connectivity index (χ3n) is 4.24. The average Bonchev–Trinajstić information content (AvgIpc) is 3.19. The van der Waals surface area contributed by atoms with Gasteiger partial charge in [-0.3, -0.25) is 4.99 Å². The van der Waals surface area contributed by atoms with E-state index in [2.05, 4.69) is 19.8 Å². The molecule has 2 rings (SSSR count). The van der Waals surface area contributed by atoms with Crippen LogP contribution in [0.1, 0.15) is 48.9 Å². The van der Waals surface area contributed by atoms with Crippen LogP contribution in [0.25, 0.3) is 0 Å². The average molecular weight is 398 g/mol. The summed E-state index contributed by atoms with van der Waals surface area (Å²) in [7, 11) is -3.97. The summed E-state index contributed by atoms with van der Waals surface area (Å²) in [5.74, 6) is -0.165. The van der Waals surface area contributed by atoms with Crippen LogP contribution < -0.4 is 4.72 Å². The standard InChI is InChI=1S/C17H27N5O4S/c1-6-13-9-19-22(10-13)17(18-7-2)21-27(24,25)15-11(4)14(20-12(15)5)16(23)26-8-3/h9,13,20H,6-8,10H2,1-5H3,(H,18,21). The molecule has 0 amide bonds. The summed E-state index contributed by atoms with van der Waals surface area (Å²) in [5.41, 5.74) is 0.801. The number of nitrogens with one attached hydrogen (secondary N) is 2. The Kier molecular flexibility index (Phi) is 6.63. The lowest BCUT2D eigenvalue weighted by Gasteiger charge is -2.19. The Balaban J connectivity index is 2.34. The number of sulfonamides is 1. The number of hydrogen-bond donors (Lipinski definition) is 2. The number of H-pyrrole nitrogens is 1. The van der Waals surface area contributed by atoms with Crippen molar-refractivity contribution >= 4 is 28.2 Å². The van der Waals surface area contributed by atoms with Gasteiger partial charge in [-0.1, -0.05) is 6.92 Å². The number of guanidine groups is 1. The van der Waals surface area contributed by atoms with Crippen LogP contribution in [0.5, 0.6) is 0 Å². The van der Waals surface area contributed by atoms with Crippen LogP contribution in [-0.2, 0) is 14.8 Å². The number of aromatic amines is 1. The lowest BCUT2D eigenvalue weighted by Crippen LogP contribution is -2.41. The highest BCUT2D eigenvalue weighted by molar-refractivity contribution is 7.90. The van der Waals surface area contributed by atoms with Crippen LogP contribution in [0.15, 0.2) is 15.0 Å². The molecule has 0 spiro atoms. The summed E-state index contributed by atoms with van der Waals surface area (Å²) in [4.78, 5) is 19.1. The first-order chi connectivity index (χ1) is 12.7. The summed E-state index contributed by atoms with van der Waals surface area (Å²) in [6.45, 7) is 9.90. The smallest absolute Gasteiger partial charge is 0.355 e. The van der Waals surface area contributed by atoms with Crippen molar-refractivity contribution in [1.82, 2.24) is 14.7 Å². The van der Waals surface area contributed by atoms with E-state index in [9.17, 15) is 13.2 Å². The van der Waals surface area contributed by atoms with Crippen molar-refractivity contribution in [3.63, 3.8) is 0 Å². The zero-order chi connectivity index (χ0) is 20.2. The van der Waals surface area contributed by atoms with Crippen molar-refractivity contribution in [2.45, 2.75) is 45.9 Å². The molecule has 1 unspecified atom stereocenters. The second kappa shape index (κ2) is 8.55. The van der Waals surface area contributed by atoms with E-state index >= 15 is 0 Å². The third kappa shape index (κ3) is 4.49. The first-order valence-corrected chi connectivity index (χ1v) is 10.5. The fourth-order valence-corrected chi connectivity index (χ4v) is 4.37. The van der Waals surface area contributed by atoms with E-state index in [4.69, 9.17) is 4.74 Å². The van der Waals surface area contributed by atoms with Gasteiger partial charge in [-0.2, -0.15) is 5.10 Å². The Hall–Kier alpha value is -2.36. The molecule has 9 nitrogen and oxygen atoms in total. The summed E-state index contributed by atoms with van der Waals surface area (Å²) in [5, 5.41) is 5.81. The minimum atomic E-state index is -3.97. The number of aryl methyl sites for hydroxylation is 1. The van der Waals surface area contributed by atoms with Crippen molar-refractivity contribution in [2.75, 3.05) is 19.7 Å². The van der Waals surface area contributed by atoms with E-state index in [1.807, 2.05) is 13.8 Å². The minimum Gasteiger partial charge on any atom is -0.461 e. The van der Waals surface area contributed by atoms with Crippen LogP contribution >= 0.6 is 0 Å². The van der Waals surface area contributed by atoms with Gasteiger partial charge in [-0.25, -0.2) is 22.9 Å². The number of rotatable bonds is 6. The fourth-order valence-electron chi connectivity index (χ4n) is 2.90. The number of carbonyl (C=O) groups excluding carboxylic acids is 1. The molecule has 0 saturated heterocycles. The Labute approximate surface area is 159 Å². The van der Waals surface area contributed by atoms with Gasteiger partial charge in [0.1, 0.15) is 10.6 Å². The number of hydrazone groups is 1. The molecule has 0 radical (unpaired) electrons. The second-order valence-corrected chi connectivity index (χ2v) is 7.84. The SMILES string of the molecule is CCN=C(NS(=O)(=O)c1c(C)[nH]c(C(=O)OCC)c1C)N1CC(CC)C=N1. The van der Waals surface area contributed by atoms with Crippen LogP contribution in [-0.4, -0.2) is 56.3 Å². The van der Waals surface area contributed by atoms with Crippen LogP contribution in [0, 0.1) is 19.8 Å². The molecule has 0 saturated carbocycles. The maximum Gasteiger partial charge on any atom is 0.355 e. The first-order valence-electron chi connectivity index (χ1n) is 9.00. The number of nitrogens with zero attached hydrogens (tertiary/aromatic N) is 3. The summed E-state index contributed by atoms with van der Waals surface area (Å²) in [6.07, 6.45) is 2.70. The molecular weight excluding hydrogens is 370 g/mol. The highest BCUT2D eigenvalue weighted by atomic mass is 32.2. The van der Waals surface area contributed by atoms with Gasteiger partial charge < -0.3 is 9.72 Å². The Morgan fingerprint density at radius 3 is 2.67 bits per heavy atom. The predicted molar refractivity (Wildman–Crippen MR) is 103 cm³/mol. The summed E-state index contributed by atoms with van der Waals surface area (Å²) < 4.78 is 33.5. The van der Waals surface area contributed by atoms with Gasteiger partial charge in [0.15, 0.2) is 0 Å². The van der Waals surface area contributed by atoms with Gasteiger partial charge in [0.05, 0.1) is 13.2 Å². The van der Waals surface area contributed by atoms with E-state index < -0.39 is 16.0 Å². The molecule has 1 atom stereocenters. The van der Waals surface area contributed by atoms with Gasteiger partial charge in [-0.15, -0.1) is 0 Å². The maximum atomic E-state index is 13.0. The molecule has 1 aliphatic rings. The minimum absolute atomic E-state index is 0.0181. The van der Waals surface area contributed by atoms with Gasteiger partial charge in [0.25, 0.3) is 10.0 Å². The summed E-state index contributed by atoms with van der Waals surface area (Å²) >= 11 is 0. The van der Waals surface area contributed by atoms with Gasteiger partial charge in [-0.05, 0) is 34.1 Å². The van der Waals surface area contributed by atoms with Crippen LogP contribution in [0.3, 0.4) is 0 Å². The van der Waals surface area contributed by atoms with E-state index in [0.717, 1.165) is 6.42 Å². The molecule has 1 aliphatic heterocycles. The molecule has 27 heavy (non-hydrogen) atoms. The van der Waals surface area contributed by atoms with Crippen molar-refractivity contribution in [2.24, 2.45) is 16.0 Å². The van der Waals surface area contributed by atoms with Crippen molar-refractivity contribution in [1.29, 1.82) is 0 Å². The number of esters is 1. The number of hydrogen-bond acceptors (Lipinski definition) is 6. The van der Waals surface area contributed by atoms with Crippen LogP contribution in [0.2, 0.25) is 0 Å². The lowest BCUT2D eigenvalue weighted by atomic mass is 10.1. The number of aromatic nitrogens is 1. The monoisotopic (exact) mass is 397 g/mol. The Bertz CT molecular complexity index is 857. The summed E-state index contributed by atoms with van der Waals surface area (Å²) in [6, 6.07) is 0. The largest absolute Gasteiger partial charge is 0.461 e. The number of carbonyl (C=O) groups is 1. The third-order valence-corrected chi connectivity index (χ3v) is 5.84. The van der Waals surface area contributed by atoms with Gasteiger partial charge in [0.2, 0.25) is 5.96 Å². The lowest BCUT2D eigenvalue weighted by molar-refractivity contribution is 0.0519. The molecule has 150 valence electrons. The zero-order valence-electron chi connectivity index (χ0n) is 16.4. The second-order valence-electron chi connectivity index (χ2n) is 6.22. The Morgan fingerprint density at radius 1 is 1.41 bits per heavy atom. The number of aliphatic imine (C=N–C) groups is 1. The highest BCUT2D eigenvalue weighted by Gasteiger charge is 2.30. The first kappa shape index (κ1) is 20.9. The molecule has 2 N–H and O–H groups in total. The van der Waals surface area contributed by atoms with E-state index in [0.29, 0.717) is 24.3 Å². The normalized spacial score (nSPS) is 17.4. The quantitative estimate of drug-likeness (QED) is 0.431. The van der Waals surface area contributed by atoms with Gasteiger partial charge >= 0.3 is 5.97 Å². The van der Waals surface area contributed by atoms with E-state index in [1.54, 1.807) is 32.0 Å². The topological polar surface area (TPSA) is 116 Å². The molecule has 2 heterocycles. The van der Waals surface area contributed by atoms with E-state index in [-0.39, 0.29) is 29.1 Å². The Morgan fingerprint density at radius 2 is 2.11 bits per heavy atom. The predicted octanol–water partition coefficient (Wildman–Crippen LogP) is 1.79. The van der Waals surface area contributed by atoms with Crippen molar-refractivity contribution in [3.05, 3.63) is 17.0 Å². The van der Waals surface area contributed by atoms with E-state index in [1.165, 1.54) is 0 Å². The zero-order valence-corrected chi connectivity index (χ0v) is 17.2. The molecule has 0 fully saturated rings.